The third kappa shape index (κ3) is 4.88. The van der Waals surface area contributed by atoms with Gasteiger partial charge in [0, 0.05) is 38.3 Å². The van der Waals surface area contributed by atoms with E-state index in [-0.39, 0.29) is 23.0 Å². The second-order valence-corrected chi connectivity index (χ2v) is 6.67. The van der Waals surface area contributed by atoms with Gasteiger partial charge in [0.25, 0.3) is 0 Å². The molecule has 132 valence electrons. The van der Waals surface area contributed by atoms with Crippen LogP contribution in [0.15, 0.2) is 11.2 Å². The Labute approximate surface area is 149 Å². The summed E-state index contributed by atoms with van der Waals surface area (Å²) in [5.41, 5.74) is 0. The second-order valence-electron chi connectivity index (χ2n) is 5.34. The molecule has 0 radical (unpaired) electrons. The lowest BCUT2D eigenvalue weighted by Crippen LogP contribution is -2.56. The van der Waals surface area contributed by atoms with Crippen molar-refractivity contribution in [3.05, 3.63) is 11.2 Å². The first-order valence-electron chi connectivity index (χ1n) is 7.59. The van der Waals surface area contributed by atoms with Crippen LogP contribution >= 0.6 is 23.4 Å². The molecule has 0 unspecified atom stereocenters. The average Bonchev–Trinajstić information content (AvgIpc) is 2.52. The SMILES string of the molecule is CCNC(=O)N1CCN(c2cc(Cl)nc(SCC(=O)O)n2)C[C@@H]1C. The van der Waals surface area contributed by atoms with E-state index in [1.54, 1.807) is 11.0 Å². The molecule has 0 aliphatic carbocycles. The van der Waals surface area contributed by atoms with Gasteiger partial charge in [-0.1, -0.05) is 23.4 Å². The number of thioether (sulfide) groups is 1. The molecule has 10 heteroatoms. The number of carbonyl (C=O) groups is 2. The number of carbonyl (C=O) groups excluding carboxylic acids is 1. The first-order valence-corrected chi connectivity index (χ1v) is 8.95. The molecular formula is C14H20ClN5O3S. The molecule has 0 bridgehead atoms. The smallest absolute Gasteiger partial charge is 0.317 e. The van der Waals surface area contributed by atoms with Gasteiger partial charge in [-0.2, -0.15) is 0 Å². The monoisotopic (exact) mass is 373 g/mol. The van der Waals surface area contributed by atoms with Crippen molar-refractivity contribution in [2.24, 2.45) is 0 Å². The Bertz CT molecular complexity index is 618. The van der Waals surface area contributed by atoms with Crippen LogP contribution in [0.4, 0.5) is 10.6 Å². The Balaban J connectivity index is 2.07. The summed E-state index contributed by atoms with van der Waals surface area (Å²) < 4.78 is 0. The Morgan fingerprint density at radius 2 is 2.21 bits per heavy atom. The predicted octanol–water partition coefficient (Wildman–Crippen LogP) is 1.55. The van der Waals surface area contributed by atoms with Crippen LogP contribution in [-0.2, 0) is 4.79 Å². The quantitative estimate of drug-likeness (QED) is 0.459. The van der Waals surface area contributed by atoms with Gasteiger partial charge in [-0.05, 0) is 13.8 Å². The van der Waals surface area contributed by atoms with Crippen molar-refractivity contribution in [2.75, 3.05) is 36.8 Å². The predicted molar refractivity (Wildman–Crippen MR) is 92.9 cm³/mol. The molecule has 1 aliphatic rings. The van der Waals surface area contributed by atoms with Gasteiger partial charge in [-0.25, -0.2) is 14.8 Å². The van der Waals surface area contributed by atoms with Crippen LogP contribution < -0.4 is 10.2 Å². The first kappa shape index (κ1) is 18.6. The number of carboxylic acids is 1. The zero-order valence-corrected chi connectivity index (χ0v) is 15.1. The number of aliphatic carboxylic acids is 1. The Hall–Kier alpha value is -1.74. The number of hydrogen-bond acceptors (Lipinski definition) is 6. The van der Waals surface area contributed by atoms with Gasteiger partial charge in [0.1, 0.15) is 11.0 Å². The van der Waals surface area contributed by atoms with Crippen LogP contribution in [0.3, 0.4) is 0 Å². The molecule has 1 fully saturated rings. The van der Waals surface area contributed by atoms with Crippen molar-refractivity contribution < 1.29 is 14.7 Å². The van der Waals surface area contributed by atoms with E-state index >= 15 is 0 Å². The highest BCUT2D eigenvalue weighted by Gasteiger charge is 2.28. The lowest BCUT2D eigenvalue weighted by atomic mass is 10.2. The Morgan fingerprint density at radius 1 is 1.46 bits per heavy atom. The molecule has 2 N–H and O–H groups in total. The van der Waals surface area contributed by atoms with Crippen molar-refractivity contribution in [1.29, 1.82) is 0 Å². The third-order valence-corrected chi connectivity index (χ3v) is 4.55. The summed E-state index contributed by atoms with van der Waals surface area (Å²) in [4.78, 5) is 34.9. The average molecular weight is 374 g/mol. The van der Waals surface area contributed by atoms with E-state index in [0.717, 1.165) is 11.8 Å². The molecule has 2 rings (SSSR count). The minimum Gasteiger partial charge on any atom is -0.481 e. The number of nitrogens with one attached hydrogen (secondary N) is 1. The largest absolute Gasteiger partial charge is 0.481 e. The molecular weight excluding hydrogens is 354 g/mol. The topological polar surface area (TPSA) is 98.7 Å². The number of rotatable bonds is 5. The fourth-order valence-electron chi connectivity index (χ4n) is 2.46. The van der Waals surface area contributed by atoms with Gasteiger partial charge in [-0.15, -0.1) is 0 Å². The van der Waals surface area contributed by atoms with Crippen molar-refractivity contribution in [2.45, 2.75) is 25.0 Å². The third-order valence-electron chi connectivity index (χ3n) is 3.53. The van der Waals surface area contributed by atoms with E-state index in [4.69, 9.17) is 16.7 Å². The van der Waals surface area contributed by atoms with Crippen LogP contribution in [0.2, 0.25) is 5.15 Å². The summed E-state index contributed by atoms with van der Waals surface area (Å²) >= 11 is 7.05. The number of nitrogens with zero attached hydrogens (tertiary/aromatic N) is 4. The molecule has 1 atom stereocenters. The highest BCUT2D eigenvalue weighted by atomic mass is 35.5. The summed E-state index contributed by atoms with van der Waals surface area (Å²) in [5, 5.41) is 12.2. The molecule has 2 amide bonds. The maximum atomic E-state index is 12.0. The van der Waals surface area contributed by atoms with Crippen LogP contribution in [0.5, 0.6) is 0 Å². The molecule has 2 heterocycles. The van der Waals surface area contributed by atoms with Gasteiger partial charge in [0.05, 0.1) is 5.75 Å². The zero-order chi connectivity index (χ0) is 17.7. The van der Waals surface area contributed by atoms with Gasteiger partial charge in [0.15, 0.2) is 5.16 Å². The molecule has 1 saturated heterocycles. The summed E-state index contributed by atoms with van der Waals surface area (Å²) in [6.07, 6.45) is 0. The van der Waals surface area contributed by atoms with Gasteiger partial charge in [0.2, 0.25) is 0 Å². The molecule has 0 spiro atoms. The van der Waals surface area contributed by atoms with E-state index < -0.39 is 5.97 Å². The molecule has 0 aromatic carbocycles. The van der Waals surface area contributed by atoms with Crippen molar-refractivity contribution >= 4 is 41.2 Å². The number of aromatic nitrogens is 2. The number of piperazine rings is 1. The number of urea groups is 1. The van der Waals surface area contributed by atoms with Crippen LogP contribution in [-0.4, -0.2) is 69.9 Å². The van der Waals surface area contributed by atoms with Crippen molar-refractivity contribution in [3.8, 4) is 0 Å². The second kappa shape index (κ2) is 8.39. The molecule has 1 aliphatic heterocycles. The zero-order valence-electron chi connectivity index (χ0n) is 13.5. The highest BCUT2D eigenvalue weighted by molar-refractivity contribution is 7.99. The standard InChI is InChI=1S/C14H20ClN5O3S/c1-3-16-14(23)20-5-4-19(7-9(20)2)11-6-10(15)17-13(18-11)24-8-12(21)22/h6,9H,3-5,7-8H2,1-2H3,(H,16,23)(H,21,22)/t9-/m0/s1. The normalized spacial score (nSPS) is 17.7. The summed E-state index contributed by atoms with van der Waals surface area (Å²) in [6.45, 7) is 6.28. The van der Waals surface area contributed by atoms with Gasteiger partial charge >= 0.3 is 12.0 Å². The molecule has 24 heavy (non-hydrogen) atoms. The molecule has 0 saturated carbocycles. The Kier molecular flexibility index (Phi) is 6.50. The van der Waals surface area contributed by atoms with Crippen LogP contribution in [0.25, 0.3) is 0 Å². The highest BCUT2D eigenvalue weighted by Crippen LogP contribution is 2.24. The summed E-state index contributed by atoms with van der Waals surface area (Å²) in [7, 11) is 0. The van der Waals surface area contributed by atoms with Crippen LogP contribution in [0, 0.1) is 0 Å². The van der Waals surface area contributed by atoms with Gasteiger partial charge < -0.3 is 20.2 Å². The number of anilines is 1. The molecule has 1 aromatic rings. The number of halogens is 1. The maximum Gasteiger partial charge on any atom is 0.317 e. The fourth-order valence-corrected chi connectivity index (χ4v) is 3.26. The minimum atomic E-state index is -0.936. The molecule has 8 nitrogen and oxygen atoms in total. The lowest BCUT2D eigenvalue weighted by molar-refractivity contribution is -0.133. The van der Waals surface area contributed by atoms with E-state index in [1.165, 1.54) is 0 Å². The molecule has 1 aromatic heterocycles. The summed E-state index contributed by atoms with van der Waals surface area (Å²) in [6, 6.07) is 1.61. The minimum absolute atomic E-state index is 0.0224. The lowest BCUT2D eigenvalue weighted by Gasteiger charge is -2.40. The van der Waals surface area contributed by atoms with E-state index in [9.17, 15) is 9.59 Å². The fraction of sp³-hybridized carbons (Fsp3) is 0.571. The van der Waals surface area contributed by atoms with Gasteiger partial charge in [-0.3, -0.25) is 4.79 Å². The van der Waals surface area contributed by atoms with E-state index in [2.05, 4.69) is 15.3 Å². The number of amides is 2. The summed E-state index contributed by atoms with van der Waals surface area (Å²) in [5.74, 6) is -0.416. The Morgan fingerprint density at radius 3 is 2.83 bits per heavy atom. The van der Waals surface area contributed by atoms with Crippen LogP contribution in [0.1, 0.15) is 13.8 Å². The number of hydrogen-bond donors (Lipinski definition) is 2. The van der Waals surface area contributed by atoms with E-state index in [0.29, 0.717) is 37.2 Å². The van der Waals surface area contributed by atoms with E-state index in [1.807, 2.05) is 18.7 Å². The number of carboxylic acid groups (broad SMARTS) is 1. The maximum absolute atomic E-state index is 12.0. The van der Waals surface area contributed by atoms with Crippen molar-refractivity contribution in [1.82, 2.24) is 20.2 Å². The first-order chi connectivity index (χ1) is 11.4. The van der Waals surface area contributed by atoms with Crippen molar-refractivity contribution in [3.63, 3.8) is 0 Å².